The fraction of sp³-hybridized carbons (Fsp3) is 0.357. The maximum absolute atomic E-state index is 15.7. The van der Waals surface area contributed by atoms with Crippen LogP contribution in [-0.4, -0.2) is 24.5 Å². The Morgan fingerprint density at radius 3 is 1.77 bits per heavy atom. The third-order valence-electron chi connectivity index (χ3n) is 6.56. The summed E-state index contributed by atoms with van der Waals surface area (Å²) in [7, 11) is 0. The van der Waals surface area contributed by atoms with Gasteiger partial charge in [0, 0.05) is 24.7 Å². The predicted octanol–water partition coefficient (Wildman–Crippen LogP) is 7.09. The van der Waals surface area contributed by atoms with Crippen LogP contribution >= 0.6 is 11.6 Å². The van der Waals surface area contributed by atoms with Crippen molar-refractivity contribution in [2.45, 2.75) is 38.3 Å². The molecule has 31 heavy (non-hydrogen) atoms. The lowest BCUT2D eigenvalue weighted by molar-refractivity contribution is 0.0361. The molecule has 1 aliphatic rings. The lowest BCUT2D eigenvalue weighted by Gasteiger charge is -2.41. The van der Waals surface area contributed by atoms with Gasteiger partial charge in [-0.2, -0.15) is 0 Å². The minimum atomic E-state index is -1.25. The summed E-state index contributed by atoms with van der Waals surface area (Å²) in [6.07, 6.45) is 3.08. The molecule has 1 heterocycles. The molecule has 0 aromatic heterocycles. The normalized spacial score (nSPS) is 16.9. The minimum absolute atomic E-state index is 0.0826. The van der Waals surface area contributed by atoms with E-state index in [9.17, 15) is 0 Å². The van der Waals surface area contributed by atoms with Crippen LogP contribution in [0.1, 0.15) is 36.5 Å². The van der Waals surface area contributed by atoms with Crippen LogP contribution < -0.4 is 0 Å². The summed E-state index contributed by atoms with van der Waals surface area (Å²) in [5, 5.41) is 0.655. The van der Waals surface area contributed by atoms with E-state index in [0.717, 1.165) is 38.0 Å². The molecule has 4 rings (SSSR count). The van der Waals surface area contributed by atoms with Crippen molar-refractivity contribution < 1.29 is 4.39 Å². The number of rotatable bonds is 7. The number of halogens is 2. The number of likely N-dealkylation sites (tertiary alicyclic amines) is 1. The van der Waals surface area contributed by atoms with Crippen LogP contribution in [0.4, 0.5) is 4.39 Å². The Labute approximate surface area is 190 Å². The van der Waals surface area contributed by atoms with Crippen LogP contribution in [0.25, 0.3) is 0 Å². The van der Waals surface area contributed by atoms with Gasteiger partial charge in [0.25, 0.3) is 0 Å². The smallest absolute Gasteiger partial charge is 0.138 e. The van der Waals surface area contributed by atoms with Gasteiger partial charge in [0.15, 0.2) is 0 Å². The first-order valence-electron chi connectivity index (χ1n) is 11.2. The van der Waals surface area contributed by atoms with Gasteiger partial charge in [-0.1, -0.05) is 91.3 Å². The highest BCUT2D eigenvalue weighted by Gasteiger charge is 2.38. The van der Waals surface area contributed by atoms with Gasteiger partial charge in [0.05, 0.1) is 0 Å². The van der Waals surface area contributed by atoms with E-state index in [1.165, 1.54) is 11.1 Å². The molecule has 0 amide bonds. The Bertz CT molecular complexity index is 906. The first-order chi connectivity index (χ1) is 14.9. The van der Waals surface area contributed by atoms with E-state index < -0.39 is 5.67 Å². The topological polar surface area (TPSA) is 3.24 Å². The maximum Gasteiger partial charge on any atom is 0.138 e. The second-order valence-corrected chi connectivity index (χ2v) is 9.82. The summed E-state index contributed by atoms with van der Waals surface area (Å²) >= 11 is 5.99. The monoisotopic (exact) mass is 435 g/mol. The molecule has 3 aromatic rings. The van der Waals surface area contributed by atoms with Gasteiger partial charge in [0.2, 0.25) is 0 Å². The Morgan fingerprint density at radius 1 is 0.806 bits per heavy atom. The first kappa shape index (κ1) is 22.0. The van der Waals surface area contributed by atoms with Crippen LogP contribution in [0.15, 0.2) is 84.9 Å². The fourth-order valence-electron chi connectivity index (χ4n) is 4.99. The van der Waals surface area contributed by atoms with Gasteiger partial charge in [0.1, 0.15) is 5.67 Å². The van der Waals surface area contributed by atoms with Gasteiger partial charge in [-0.05, 0) is 59.9 Å². The highest BCUT2D eigenvalue weighted by Crippen LogP contribution is 2.39. The molecule has 162 valence electrons. The highest BCUT2D eigenvalue weighted by atomic mass is 35.5. The molecule has 0 N–H and O–H groups in total. The zero-order chi connectivity index (χ0) is 21.7. The van der Waals surface area contributed by atoms with Crippen LogP contribution in [0.2, 0.25) is 5.02 Å². The van der Waals surface area contributed by atoms with Crippen molar-refractivity contribution in [3.8, 4) is 0 Å². The largest absolute Gasteiger partial charge is 0.303 e. The lowest BCUT2D eigenvalue weighted by atomic mass is 9.77. The summed E-state index contributed by atoms with van der Waals surface area (Å²) < 4.78 is 15.7. The molecule has 0 unspecified atom stereocenters. The van der Waals surface area contributed by atoms with E-state index in [0.29, 0.717) is 17.9 Å². The molecule has 0 radical (unpaired) electrons. The second-order valence-electron chi connectivity index (χ2n) is 9.38. The summed E-state index contributed by atoms with van der Waals surface area (Å²) in [6, 6.07) is 28.7. The van der Waals surface area contributed by atoms with Crippen LogP contribution in [0, 0.1) is 5.41 Å². The number of alkyl halides is 1. The molecule has 3 heteroatoms. The Balaban J connectivity index is 1.46. The van der Waals surface area contributed by atoms with Crippen molar-refractivity contribution in [2.24, 2.45) is 5.41 Å². The number of hydrogen-bond donors (Lipinski definition) is 0. The van der Waals surface area contributed by atoms with E-state index >= 15 is 4.39 Å². The molecule has 1 aliphatic heterocycles. The fourth-order valence-corrected chi connectivity index (χ4v) is 5.12. The van der Waals surface area contributed by atoms with Crippen molar-refractivity contribution in [1.29, 1.82) is 0 Å². The predicted molar refractivity (Wildman–Crippen MR) is 128 cm³/mol. The van der Waals surface area contributed by atoms with E-state index in [1.54, 1.807) is 12.1 Å². The lowest BCUT2D eigenvalue weighted by Crippen LogP contribution is -2.46. The molecule has 1 nitrogen and oxygen atoms in total. The average Bonchev–Trinajstić information content (AvgIpc) is 2.77. The molecule has 0 saturated carbocycles. The van der Waals surface area contributed by atoms with Crippen molar-refractivity contribution >= 4 is 11.6 Å². The van der Waals surface area contributed by atoms with E-state index in [-0.39, 0.29) is 5.41 Å². The van der Waals surface area contributed by atoms with Gasteiger partial charge in [-0.3, -0.25) is 0 Å². The third kappa shape index (κ3) is 5.75. The van der Waals surface area contributed by atoms with Crippen LogP contribution in [0.5, 0.6) is 0 Å². The molecule has 1 saturated heterocycles. The molecule has 1 fully saturated rings. The third-order valence-corrected chi connectivity index (χ3v) is 6.81. The van der Waals surface area contributed by atoms with E-state index in [4.69, 9.17) is 11.6 Å². The second kappa shape index (κ2) is 9.54. The first-order valence-corrected chi connectivity index (χ1v) is 11.6. The summed E-state index contributed by atoms with van der Waals surface area (Å²) in [4.78, 5) is 2.46. The number of piperidine rings is 1. The number of hydrogen-bond acceptors (Lipinski definition) is 1. The number of benzene rings is 3. The van der Waals surface area contributed by atoms with Gasteiger partial charge in [-0.15, -0.1) is 0 Å². The van der Waals surface area contributed by atoms with Crippen molar-refractivity contribution in [2.75, 3.05) is 19.6 Å². The SMILES string of the molecule is CC(Cc1ccccc1)(Cc1ccccc1)CN1CCC(F)(c2ccc(Cl)cc2)CC1. The van der Waals surface area contributed by atoms with E-state index in [1.807, 2.05) is 12.1 Å². The quantitative estimate of drug-likeness (QED) is 0.382. The molecular weight excluding hydrogens is 405 g/mol. The van der Waals surface area contributed by atoms with Crippen LogP contribution in [0.3, 0.4) is 0 Å². The van der Waals surface area contributed by atoms with Gasteiger partial charge >= 0.3 is 0 Å². The van der Waals surface area contributed by atoms with E-state index in [2.05, 4.69) is 72.5 Å². The highest BCUT2D eigenvalue weighted by molar-refractivity contribution is 6.30. The average molecular weight is 436 g/mol. The zero-order valence-electron chi connectivity index (χ0n) is 18.2. The molecule has 0 aliphatic carbocycles. The Hall–Kier alpha value is -2.16. The molecule has 0 atom stereocenters. The molecule has 3 aromatic carbocycles. The summed E-state index contributed by atoms with van der Waals surface area (Å²) in [5.74, 6) is 0. The Morgan fingerprint density at radius 2 is 1.29 bits per heavy atom. The van der Waals surface area contributed by atoms with Crippen molar-refractivity contribution in [1.82, 2.24) is 4.90 Å². The molecule has 0 bridgehead atoms. The summed E-state index contributed by atoms with van der Waals surface area (Å²) in [5.41, 5.74) is 2.31. The summed E-state index contributed by atoms with van der Waals surface area (Å²) in [6.45, 7) is 4.90. The maximum atomic E-state index is 15.7. The van der Waals surface area contributed by atoms with Crippen LogP contribution in [-0.2, 0) is 18.5 Å². The zero-order valence-corrected chi connectivity index (χ0v) is 19.0. The molecule has 0 spiro atoms. The van der Waals surface area contributed by atoms with Gasteiger partial charge < -0.3 is 4.90 Å². The standard InChI is InChI=1S/C28H31ClFN/c1-27(20-23-8-4-2-5-9-23,21-24-10-6-3-7-11-24)22-31-18-16-28(30,17-19-31)25-12-14-26(29)15-13-25/h2-15H,16-22H2,1H3. The van der Waals surface area contributed by atoms with Crippen molar-refractivity contribution in [3.63, 3.8) is 0 Å². The minimum Gasteiger partial charge on any atom is -0.303 e. The molecular formula is C28H31ClFN. The Kier molecular flexibility index (Phi) is 6.79. The van der Waals surface area contributed by atoms with Crippen molar-refractivity contribution in [3.05, 3.63) is 107 Å². The number of nitrogens with zero attached hydrogens (tertiary/aromatic N) is 1. The van der Waals surface area contributed by atoms with Gasteiger partial charge in [-0.25, -0.2) is 4.39 Å².